The third-order valence-corrected chi connectivity index (χ3v) is 2.78. The van der Waals surface area contributed by atoms with Crippen LogP contribution in [-0.2, 0) is 11.8 Å². The van der Waals surface area contributed by atoms with Gasteiger partial charge in [-0.15, -0.1) is 0 Å². The molecule has 0 atom stereocenters. The van der Waals surface area contributed by atoms with Gasteiger partial charge in [-0.1, -0.05) is 0 Å². The molecule has 0 saturated heterocycles. The van der Waals surface area contributed by atoms with Crippen LogP contribution in [0.2, 0.25) is 0 Å². The van der Waals surface area contributed by atoms with Gasteiger partial charge in [-0.3, -0.25) is 9.48 Å². The van der Waals surface area contributed by atoms with Crippen LogP contribution in [0.5, 0.6) is 0 Å². The van der Waals surface area contributed by atoms with Gasteiger partial charge in [0, 0.05) is 25.7 Å². The van der Waals surface area contributed by atoms with Crippen LogP contribution in [0.15, 0.2) is 6.20 Å². The van der Waals surface area contributed by atoms with Gasteiger partial charge in [-0.25, -0.2) is 4.79 Å². The number of carbonyl (C=O) groups is 2. The van der Waals surface area contributed by atoms with Crippen LogP contribution in [0, 0.1) is 6.92 Å². The molecular formula is C14H23N3O3. The van der Waals surface area contributed by atoms with Crippen molar-refractivity contribution in [3.05, 3.63) is 17.5 Å². The van der Waals surface area contributed by atoms with Crippen LogP contribution in [0.3, 0.4) is 0 Å². The maximum atomic E-state index is 12.0. The van der Waals surface area contributed by atoms with Gasteiger partial charge < -0.3 is 10.1 Å². The first-order chi connectivity index (χ1) is 9.20. The quantitative estimate of drug-likeness (QED) is 0.663. The van der Waals surface area contributed by atoms with E-state index in [0.29, 0.717) is 24.9 Å². The Morgan fingerprint density at radius 3 is 2.55 bits per heavy atom. The molecule has 1 heterocycles. The van der Waals surface area contributed by atoms with Gasteiger partial charge >= 0.3 is 6.09 Å². The van der Waals surface area contributed by atoms with Crippen molar-refractivity contribution in [2.24, 2.45) is 7.05 Å². The lowest BCUT2D eigenvalue weighted by Gasteiger charge is -2.19. The van der Waals surface area contributed by atoms with E-state index < -0.39 is 11.7 Å². The minimum Gasteiger partial charge on any atom is -0.444 e. The fourth-order valence-electron chi connectivity index (χ4n) is 1.66. The Bertz CT molecular complexity index is 486. The van der Waals surface area contributed by atoms with Crippen LogP contribution >= 0.6 is 0 Å². The zero-order chi connectivity index (χ0) is 15.3. The summed E-state index contributed by atoms with van der Waals surface area (Å²) in [5.41, 5.74) is 0.993. The van der Waals surface area contributed by atoms with Crippen molar-refractivity contribution in [3.63, 3.8) is 0 Å². The first-order valence-corrected chi connectivity index (χ1v) is 6.69. The summed E-state index contributed by atoms with van der Waals surface area (Å²) in [5, 5.41) is 6.67. The molecule has 1 aromatic heterocycles. The summed E-state index contributed by atoms with van der Waals surface area (Å²) in [6.45, 7) is 7.70. The zero-order valence-electron chi connectivity index (χ0n) is 12.8. The molecule has 0 aliphatic rings. The van der Waals surface area contributed by atoms with E-state index in [1.165, 1.54) is 0 Å². The maximum absolute atomic E-state index is 12.0. The number of nitrogens with one attached hydrogen (secondary N) is 1. The smallest absolute Gasteiger partial charge is 0.407 e. The number of aryl methyl sites for hydroxylation is 1. The van der Waals surface area contributed by atoms with Crippen LogP contribution in [0.25, 0.3) is 0 Å². The van der Waals surface area contributed by atoms with Crippen molar-refractivity contribution in [2.45, 2.75) is 46.1 Å². The van der Waals surface area contributed by atoms with Crippen LogP contribution in [0.1, 0.15) is 49.7 Å². The molecule has 0 spiro atoms. The number of nitrogens with zero attached hydrogens (tertiary/aromatic N) is 2. The molecule has 0 unspecified atom stereocenters. The standard InChI is InChI=1S/C14H23N3O3/c1-10-11(9-16-17(10)5)12(18)7-6-8-15-13(19)20-14(2,3)4/h9H,6-8H2,1-5H3,(H,15,19). The molecule has 1 amide bonds. The minimum absolute atomic E-state index is 0.0431. The molecule has 112 valence electrons. The second-order valence-electron chi connectivity index (χ2n) is 5.72. The van der Waals surface area contributed by atoms with Gasteiger partial charge in [-0.2, -0.15) is 5.10 Å². The Balaban J connectivity index is 2.30. The summed E-state index contributed by atoms with van der Waals surface area (Å²) in [6.07, 6.45) is 2.08. The summed E-state index contributed by atoms with van der Waals surface area (Å²) in [4.78, 5) is 23.4. The van der Waals surface area contributed by atoms with Crippen molar-refractivity contribution in [1.29, 1.82) is 0 Å². The molecule has 1 rings (SSSR count). The third-order valence-electron chi connectivity index (χ3n) is 2.78. The van der Waals surface area contributed by atoms with E-state index in [1.807, 2.05) is 6.92 Å². The Morgan fingerprint density at radius 2 is 2.05 bits per heavy atom. The number of hydrogen-bond acceptors (Lipinski definition) is 4. The first kappa shape index (κ1) is 16.2. The van der Waals surface area contributed by atoms with Gasteiger partial charge in [0.15, 0.2) is 5.78 Å². The minimum atomic E-state index is -0.507. The number of carbonyl (C=O) groups excluding carboxylic acids is 2. The second-order valence-corrected chi connectivity index (χ2v) is 5.72. The molecular weight excluding hydrogens is 258 g/mol. The number of alkyl carbamates (subject to hydrolysis) is 1. The van der Waals surface area contributed by atoms with E-state index in [-0.39, 0.29) is 5.78 Å². The molecule has 0 aliphatic heterocycles. The summed E-state index contributed by atoms with van der Waals surface area (Å²) < 4.78 is 6.78. The van der Waals surface area contributed by atoms with Gasteiger partial charge in [0.2, 0.25) is 0 Å². The predicted molar refractivity (Wildman–Crippen MR) is 75.7 cm³/mol. The molecule has 0 fully saturated rings. The van der Waals surface area contributed by atoms with Gasteiger partial charge in [-0.05, 0) is 34.1 Å². The van der Waals surface area contributed by atoms with Crippen molar-refractivity contribution in [3.8, 4) is 0 Å². The van der Waals surface area contributed by atoms with Crippen molar-refractivity contribution >= 4 is 11.9 Å². The summed E-state index contributed by atoms with van der Waals surface area (Å²) in [7, 11) is 1.80. The number of ketones is 1. The fourth-order valence-corrected chi connectivity index (χ4v) is 1.66. The predicted octanol–water partition coefficient (Wildman–Crippen LogP) is 2.22. The average Bonchev–Trinajstić information content (AvgIpc) is 2.63. The highest BCUT2D eigenvalue weighted by molar-refractivity contribution is 5.96. The van der Waals surface area contributed by atoms with Crippen molar-refractivity contribution in [2.75, 3.05) is 6.54 Å². The highest BCUT2D eigenvalue weighted by atomic mass is 16.6. The highest BCUT2D eigenvalue weighted by Gasteiger charge is 2.16. The Hall–Kier alpha value is -1.85. The largest absolute Gasteiger partial charge is 0.444 e. The lowest BCUT2D eigenvalue weighted by Crippen LogP contribution is -2.33. The van der Waals surface area contributed by atoms with Crippen LogP contribution in [0.4, 0.5) is 4.79 Å². The van der Waals surface area contributed by atoms with E-state index in [0.717, 1.165) is 5.69 Å². The SMILES string of the molecule is Cc1c(C(=O)CCCNC(=O)OC(C)(C)C)cnn1C. The van der Waals surface area contributed by atoms with Crippen LogP contribution < -0.4 is 5.32 Å². The van der Waals surface area contributed by atoms with E-state index in [9.17, 15) is 9.59 Å². The number of rotatable bonds is 5. The fraction of sp³-hybridized carbons (Fsp3) is 0.643. The molecule has 1 N–H and O–H groups in total. The molecule has 0 saturated carbocycles. The van der Waals surface area contributed by atoms with Gasteiger partial charge in [0.1, 0.15) is 5.60 Å². The monoisotopic (exact) mass is 281 g/mol. The van der Waals surface area contributed by atoms with E-state index in [2.05, 4.69) is 10.4 Å². The molecule has 1 aromatic rings. The summed E-state index contributed by atoms with van der Waals surface area (Å²) >= 11 is 0. The molecule has 6 nitrogen and oxygen atoms in total. The number of hydrogen-bond donors (Lipinski definition) is 1. The highest BCUT2D eigenvalue weighted by Crippen LogP contribution is 2.10. The maximum Gasteiger partial charge on any atom is 0.407 e. The van der Waals surface area contributed by atoms with Gasteiger partial charge in [0.25, 0.3) is 0 Å². The van der Waals surface area contributed by atoms with Crippen molar-refractivity contribution in [1.82, 2.24) is 15.1 Å². The lowest BCUT2D eigenvalue weighted by molar-refractivity contribution is 0.0525. The Morgan fingerprint density at radius 1 is 1.40 bits per heavy atom. The Kier molecular flexibility index (Phi) is 5.30. The molecule has 0 radical (unpaired) electrons. The average molecular weight is 281 g/mol. The van der Waals surface area contributed by atoms with Crippen LogP contribution in [-0.4, -0.2) is 33.8 Å². The Labute approximate surface area is 119 Å². The number of ether oxygens (including phenoxy) is 1. The molecule has 0 aliphatic carbocycles. The number of aromatic nitrogens is 2. The molecule has 20 heavy (non-hydrogen) atoms. The van der Waals surface area contributed by atoms with Crippen molar-refractivity contribution < 1.29 is 14.3 Å². The zero-order valence-corrected chi connectivity index (χ0v) is 12.8. The second kappa shape index (κ2) is 6.54. The summed E-state index contributed by atoms with van der Waals surface area (Å²) in [5.74, 6) is 0.0431. The van der Waals surface area contributed by atoms with E-state index in [4.69, 9.17) is 4.74 Å². The molecule has 0 bridgehead atoms. The summed E-state index contributed by atoms with van der Waals surface area (Å²) in [6, 6.07) is 0. The molecule has 0 aromatic carbocycles. The van der Waals surface area contributed by atoms with E-state index in [1.54, 1.807) is 38.7 Å². The topological polar surface area (TPSA) is 73.2 Å². The molecule has 6 heteroatoms. The lowest BCUT2D eigenvalue weighted by atomic mass is 10.1. The van der Waals surface area contributed by atoms with Gasteiger partial charge in [0.05, 0.1) is 11.8 Å². The third kappa shape index (κ3) is 5.03. The first-order valence-electron chi connectivity index (χ1n) is 6.69. The number of Topliss-reactive ketones (excluding diaryl/α,β-unsaturated/α-hetero) is 1. The normalized spacial score (nSPS) is 11.2. The number of amides is 1. The van der Waals surface area contributed by atoms with E-state index >= 15 is 0 Å².